The van der Waals surface area contributed by atoms with Gasteiger partial charge in [-0.3, -0.25) is 4.79 Å². The van der Waals surface area contributed by atoms with Gasteiger partial charge in [0.25, 0.3) is 5.91 Å². The number of carbonyl (C=O) groups is 1. The highest BCUT2D eigenvalue weighted by atomic mass is 16.6. The number of rotatable bonds is 8. The first kappa shape index (κ1) is 19.1. The lowest BCUT2D eigenvalue weighted by molar-refractivity contribution is -0.127. The van der Waals surface area contributed by atoms with Gasteiger partial charge in [0.15, 0.2) is 18.1 Å². The molecule has 6 nitrogen and oxygen atoms in total. The average Bonchev–Trinajstić information content (AvgIpc) is 2.68. The second-order valence-corrected chi connectivity index (χ2v) is 8.78. The highest BCUT2D eigenvalue weighted by molar-refractivity contribution is 5.84. The van der Waals surface area contributed by atoms with Crippen LogP contribution in [0.5, 0.6) is 11.5 Å². The Balaban J connectivity index is 1.25. The number of ether oxygens (including phenoxy) is 2. The van der Waals surface area contributed by atoms with Crippen LogP contribution in [0.3, 0.4) is 0 Å². The molecule has 1 aromatic rings. The van der Waals surface area contributed by atoms with E-state index in [1.807, 2.05) is 18.2 Å². The Morgan fingerprint density at radius 1 is 1.14 bits per heavy atom. The predicted molar refractivity (Wildman–Crippen MR) is 107 cm³/mol. The monoisotopic (exact) mass is 386 g/mol. The average molecular weight is 386 g/mol. The Morgan fingerprint density at radius 3 is 2.43 bits per heavy atom. The van der Waals surface area contributed by atoms with Gasteiger partial charge in [0, 0.05) is 12.1 Å². The highest BCUT2D eigenvalue weighted by Crippen LogP contribution is 2.59. The number of oxime groups is 1. The third kappa shape index (κ3) is 3.96. The van der Waals surface area contributed by atoms with Gasteiger partial charge in [-0.15, -0.1) is 0 Å². The van der Waals surface area contributed by atoms with Crippen LogP contribution in [0.2, 0.25) is 0 Å². The number of nitrogens with zero attached hydrogens (tertiary/aromatic N) is 1. The lowest BCUT2D eigenvalue weighted by Crippen LogP contribution is -2.51. The van der Waals surface area contributed by atoms with E-state index in [4.69, 9.17) is 14.3 Å². The molecule has 4 bridgehead atoms. The Hall–Kier alpha value is -2.24. The van der Waals surface area contributed by atoms with Crippen LogP contribution in [0, 0.1) is 23.2 Å². The molecule has 28 heavy (non-hydrogen) atoms. The summed E-state index contributed by atoms with van der Waals surface area (Å²) in [6.07, 6.45) is 9.64. The number of para-hydroxylation sites is 1. The summed E-state index contributed by atoms with van der Waals surface area (Å²) in [5.74, 6) is 3.78. The summed E-state index contributed by atoms with van der Waals surface area (Å²) in [6.45, 7) is 0.710. The molecule has 4 fully saturated rings. The molecule has 0 unspecified atom stereocenters. The van der Waals surface area contributed by atoms with Crippen LogP contribution in [-0.2, 0) is 9.63 Å². The summed E-state index contributed by atoms with van der Waals surface area (Å²) in [5.41, 5.74) is 1.07. The fraction of sp³-hybridized carbons (Fsp3) is 0.636. The summed E-state index contributed by atoms with van der Waals surface area (Å²) in [4.78, 5) is 17.4. The van der Waals surface area contributed by atoms with Crippen molar-refractivity contribution >= 4 is 12.1 Å². The minimum atomic E-state index is -0.106. The third-order valence-corrected chi connectivity index (χ3v) is 6.72. The zero-order valence-corrected chi connectivity index (χ0v) is 16.8. The van der Waals surface area contributed by atoms with Crippen LogP contribution < -0.4 is 14.8 Å². The lowest BCUT2D eigenvalue weighted by Gasteiger charge is -2.56. The lowest BCUT2D eigenvalue weighted by atomic mass is 9.49. The van der Waals surface area contributed by atoms with Gasteiger partial charge in [-0.05, 0) is 73.8 Å². The zero-order valence-electron chi connectivity index (χ0n) is 16.8. The van der Waals surface area contributed by atoms with Crippen molar-refractivity contribution in [2.75, 3.05) is 27.4 Å². The van der Waals surface area contributed by atoms with E-state index in [1.165, 1.54) is 44.7 Å². The van der Waals surface area contributed by atoms with Gasteiger partial charge < -0.3 is 19.6 Å². The van der Waals surface area contributed by atoms with Crippen LogP contribution in [0.1, 0.15) is 44.1 Å². The standard InChI is InChI=1S/C22H30N2O4/c1-26-19-5-3-4-18(21(19)27-2)12-24-28-13-20(25)23-14-22-9-15-6-16(10-22)8-17(7-15)11-22/h3-5,12,15-17H,6-11,13-14H2,1-2H3,(H,23,25)/b24-12-. The van der Waals surface area contributed by atoms with Crippen LogP contribution in [0.15, 0.2) is 23.4 Å². The second-order valence-electron chi connectivity index (χ2n) is 8.78. The van der Waals surface area contributed by atoms with E-state index in [1.54, 1.807) is 14.2 Å². The molecule has 0 spiro atoms. The van der Waals surface area contributed by atoms with Crippen molar-refractivity contribution in [3.05, 3.63) is 23.8 Å². The number of methoxy groups -OCH3 is 2. The Morgan fingerprint density at radius 2 is 1.82 bits per heavy atom. The van der Waals surface area contributed by atoms with E-state index in [-0.39, 0.29) is 12.5 Å². The first-order valence-corrected chi connectivity index (χ1v) is 10.2. The molecule has 152 valence electrons. The molecule has 4 aliphatic rings. The van der Waals surface area contributed by atoms with Crippen molar-refractivity contribution in [1.29, 1.82) is 0 Å². The smallest absolute Gasteiger partial charge is 0.260 e. The molecular formula is C22H30N2O4. The molecule has 0 aliphatic heterocycles. The van der Waals surface area contributed by atoms with Crippen molar-refractivity contribution in [1.82, 2.24) is 5.32 Å². The molecule has 0 aromatic heterocycles. The van der Waals surface area contributed by atoms with Gasteiger partial charge in [0.2, 0.25) is 0 Å². The molecule has 0 radical (unpaired) electrons. The Bertz CT molecular complexity index is 711. The van der Waals surface area contributed by atoms with Crippen LogP contribution in [0.4, 0.5) is 0 Å². The minimum Gasteiger partial charge on any atom is -0.493 e. The van der Waals surface area contributed by atoms with Gasteiger partial charge in [-0.2, -0.15) is 0 Å². The number of benzene rings is 1. The Labute approximate surface area is 166 Å². The summed E-state index contributed by atoms with van der Waals surface area (Å²) in [6, 6.07) is 5.51. The maximum atomic E-state index is 12.2. The molecule has 0 atom stereocenters. The normalized spacial score (nSPS) is 30.4. The first-order valence-electron chi connectivity index (χ1n) is 10.2. The quantitative estimate of drug-likeness (QED) is 0.549. The van der Waals surface area contributed by atoms with Gasteiger partial charge in [0.05, 0.1) is 20.4 Å². The van der Waals surface area contributed by atoms with Crippen molar-refractivity contribution in [2.24, 2.45) is 28.3 Å². The van der Waals surface area contributed by atoms with E-state index in [0.29, 0.717) is 16.9 Å². The first-order chi connectivity index (χ1) is 13.6. The van der Waals surface area contributed by atoms with E-state index < -0.39 is 0 Å². The van der Waals surface area contributed by atoms with Gasteiger partial charge in [0.1, 0.15) is 0 Å². The molecule has 5 rings (SSSR count). The van der Waals surface area contributed by atoms with Crippen LogP contribution >= 0.6 is 0 Å². The van der Waals surface area contributed by atoms with E-state index in [0.717, 1.165) is 29.9 Å². The second kappa shape index (κ2) is 8.02. The number of nitrogens with one attached hydrogen (secondary N) is 1. The fourth-order valence-electron chi connectivity index (χ4n) is 6.05. The predicted octanol–water partition coefficient (Wildman–Crippen LogP) is 3.39. The highest BCUT2D eigenvalue weighted by Gasteiger charge is 2.50. The number of hydrogen-bond donors (Lipinski definition) is 1. The van der Waals surface area contributed by atoms with E-state index in [9.17, 15) is 4.79 Å². The zero-order chi connectivity index (χ0) is 19.6. The fourth-order valence-corrected chi connectivity index (χ4v) is 6.05. The summed E-state index contributed by atoms with van der Waals surface area (Å²) in [5, 5.41) is 7.02. The molecule has 1 N–H and O–H groups in total. The molecule has 1 aromatic carbocycles. The van der Waals surface area contributed by atoms with Crippen LogP contribution in [-0.4, -0.2) is 39.5 Å². The molecule has 0 heterocycles. The summed E-state index contributed by atoms with van der Waals surface area (Å²) >= 11 is 0. The van der Waals surface area contributed by atoms with Crippen molar-refractivity contribution in [2.45, 2.75) is 38.5 Å². The molecular weight excluding hydrogens is 356 g/mol. The maximum absolute atomic E-state index is 12.2. The molecule has 1 amide bonds. The number of hydrogen-bond acceptors (Lipinski definition) is 5. The molecule has 4 saturated carbocycles. The largest absolute Gasteiger partial charge is 0.493 e. The Kier molecular flexibility index (Phi) is 5.47. The van der Waals surface area contributed by atoms with Gasteiger partial charge in [-0.1, -0.05) is 11.2 Å². The molecule has 4 aliphatic carbocycles. The summed E-state index contributed by atoms with van der Waals surface area (Å²) in [7, 11) is 3.16. The van der Waals surface area contributed by atoms with Crippen molar-refractivity contribution < 1.29 is 19.1 Å². The molecule has 0 saturated heterocycles. The van der Waals surface area contributed by atoms with Gasteiger partial charge >= 0.3 is 0 Å². The third-order valence-electron chi connectivity index (χ3n) is 6.72. The topological polar surface area (TPSA) is 69.2 Å². The van der Waals surface area contributed by atoms with E-state index in [2.05, 4.69) is 10.5 Å². The van der Waals surface area contributed by atoms with Crippen molar-refractivity contribution in [3.8, 4) is 11.5 Å². The number of carbonyl (C=O) groups excluding carboxylic acids is 1. The van der Waals surface area contributed by atoms with Gasteiger partial charge in [-0.25, -0.2) is 0 Å². The minimum absolute atomic E-state index is 0.0743. The number of amides is 1. The maximum Gasteiger partial charge on any atom is 0.260 e. The van der Waals surface area contributed by atoms with Crippen molar-refractivity contribution in [3.63, 3.8) is 0 Å². The molecule has 6 heteroatoms. The van der Waals surface area contributed by atoms with E-state index >= 15 is 0 Å². The summed E-state index contributed by atoms with van der Waals surface area (Å²) < 4.78 is 10.6. The SMILES string of the molecule is COc1cccc(/C=N\OCC(=O)NCC23CC4CC(CC(C4)C2)C3)c1OC. The van der Waals surface area contributed by atoms with Crippen LogP contribution in [0.25, 0.3) is 0 Å².